The summed E-state index contributed by atoms with van der Waals surface area (Å²) < 4.78 is 28.7. The monoisotopic (exact) mass is 394 g/mol. The maximum Gasteiger partial charge on any atom is 0.242 e. The van der Waals surface area contributed by atoms with Gasteiger partial charge in [0.05, 0.1) is 3.79 Å². The van der Waals surface area contributed by atoms with Gasteiger partial charge in [0.25, 0.3) is 0 Å². The summed E-state index contributed by atoms with van der Waals surface area (Å²) in [5, 5.41) is 3.22. The molecule has 1 atom stereocenters. The van der Waals surface area contributed by atoms with Crippen LogP contribution in [0.5, 0.6) is 0 Å². The van der Waals surface area contributed by atoms with E-state index in [0.717, 1.165) is 24.3 Å². The number of nitrogens with one attached hydrogen (secondary N) is 2. The van der Waals surface area contributed by atoms with Crippen LogP contribution in [0, 0.1) is 5.92 Å². The average Bonchev–Trinajstić information content (AvgIpc) is 3.16. The van der Waals surface area contributed by atoms with E-state index in [2.05, 4.69) is 26.0 Å². The SMILES string of the molecule is CCNCc1cc(S(=O)(=O)NC(CC)CC2CC2)c(Br)s1. The Morgan fingerprint density at radius 2 is 2.14 bits per heavy atom. The molecule has 1 unspecified atom stereocenters. The minimum absolute atomic E-state index is 0.0477. The molecular weight excluding hydrogens is 372 g/mol. The normalized spacial score (nSPS) is 17.1. The number of thiophene rings is 1. The van der Waals surface area contributed by atoms with Crippen molar-refractivity contribution in [2.45, 2.75) is 57.0 Å². The summed E-state index contributed by atoms with van der Waals surface area (Å²) >= 11 is 4.87. The predicted molar refractivity (Wildman–Crippen MR) is 91.1 cm³/mol. The molecule has 0 aromatic carbocycles. The van der Waals surface area contributed by atoms with E-state index in [1.54, 1.807) is 6.07 Å². The molecule has 21 heavy (non-hydrogen) atoms. The molecule has 120 valence electrons. The zero-order valence-electron chi connectivity index (χ0n) is 12.5. The van der Waals surface area contributed by atoms with Gasteiger partial charge in [-0.05, 0) is 47.3 Å². The van der Waals surface area contributed by atoms with Crippen molar-refractivity contribution in [1.82, 2.24) is 10.0 Å². The molecule has 2 rings (SSSR count). The number of halogens is 1. The minimum Gasteiger partial charge on any atom is -0.312 e. The lowest BCUT2D eigenvalue weighted by molar-refractivity contribution is 0.495. The Bertz CT molecular complexity index is 568. The van der Waals surface area contributed by atoms with Crippen LogP contribution in [0.3, 0.4) is 0 Å². The molecule has 4 nitrogen and oxygen atoms in total. The molecule has 1 fully saturated rings. The van der Waals surface area contributed by atoms with E-state index < -0.39 is 10.0 Å². The van der Waals surface area contributed by atoms with E-state index in [1.165, 1.54) is 24.2 Å². The molecule has 0 spiro atoms. The number of sulfonamides is 1. The van der Waals surface area contributed by atoms with Crippen LogP contribution in [0.2, 0.25) is 0 Å². The molecule has 1 saturated carbocycles. The summed E-state index contributed by atoms with van der Waals surface area (Å²) in [7, 11) is -3.44. The van der Waals surface area contributed by atoms with Gasteiger partial charge in [-0.2, -0.15) is 0 Å². The Morgan fingerprint density at radius 3 is 2.71 bits per heavy atom. The second-order valence-corrected chi connectivity index (χ2v) is 9.67. The summed E-state index contributed by atoms with van der Waals surface area (Å²) in [6.45, 7) is 5.64. The molecule has 0 bridgehead atoms. The van der Waals surface area contributed by atoms with Gasteiger partial charge in [-0.1, -0.05) is 26.7 Å². The summed E-state index contributed by atoms with van der Waals surface area (Å²) in [6, 6.07) is 1.82. The maximum absolute atomic E-state index is 12.6. The molecule has 0 saturated heterocycles. The smallest absolute Gasteiger partial charge is 0.242 e. The lowest BCUT2D eigenvalue weighted by atomic mass is 10.1. The summed E-state index contributed by atoms with van der Waals surface area (Å²) in [5.74, 6) is 0.716. The Morgan fingerprint density at radius 1 is 1.43 bits per heavy atom. The van der Waals surface area contributed by atoms with Crippen molar-refractivity contribution in [1.29, 1.82) is 0 Å². The van der Waals surface area contributed by atoms with Crippen LogP contribution >= 0.6 is 27.3 Å². The lowest BCUT2D eigenvalue weighted by Crippen LogP contribution is -2.34. The fraction of sp³-hybridized carbons (Fsp3) is 0.714. The second kappa shape index (κ2) is 7.55. The molecule has 1 aromatic heterocycles. The van der Waals surface area contributed by atoms with Gasteiger partial charge in [0.1, 0.15) is 4.90 Å². The van der Waals surface area contributed by atoms with Crippen LogP contribution in [-0.2, 0) is 16.6 Å². The molecular formula is C14H23BrN2O2S2. The third-order valence-corrected chi connectivity index (χ3v) is 7.45. The zero-order valence-corrected chi connectivity index (χ0v) is 15.7. The molecule has 0 aliphatic heterocycles. The van der Waals surface area contributed by atoms with Gasteiger partial charge in [-0.3, -0.25) is 0 Å². The molecule has 2 N–H and O–H groups in total. The first-order valence-electron chi connectivity index (χ1n) is 7.47. The van der Waals surface area contributed by atoms with E-state index in [4.69, 9.17) is 0 Å². The van der Waals surface area contributed by atoms with Crippen LogP contribution < -0.4 is 10.0 Å². The number of hydrogen-bond acceptors (Lipinski definition) is 4. The van der Waals surface area contributed by atoms with E-state index >= 15 is 0 Å². The molecule has 1 aliphatic carbocycles. The molecule has 1 heterocycles. The van der Waals surface area contributed by atoms with Crippen LogP contribution in [-0.4, -0.2) is 21.0 Å². The van der Waals surface area contributed by atoms with Crippen molar-refractivity contribution in [2.75, 3.05) is 6.54 Å². The third-order valence-electron chi connectivity index (χ3n) is 3.67. The Balaban J connectivity index is 2.08. The highest BCUT2D eigenvalue weighted by Crippen LogP contribution is 2.35. The standard InChI is InChI=1S/C14H23BrN2O2S2/c1-3-11(7-10-5-6-10)17-21(18,19)13-8-12(9-16-4-2)20-14(13)15/h8,10-11,16-17H,3-7,9H2,1-2H3. The van der Waals surface area contributed by atoms with Crippen LogP contribution in [0.25, 0.3) is 0 Å². The molecule has 0 radical (unpaired) electrons. The highest BCUT2D eigenvalue weighted by molar-refractivity contribution is 9.11. The topological polar surface area (TPSA) is 58.2 Å². The lowest BCUT2D eigenvalue weighted by Gasteiger charge is -2.16. The van der Waals surface area contributed by atoms with Crippen molar-refractivity contribution in [3.05, 3.63) is 14.7 Å². The number of hydrogen-bond donors (Lipinski definition) is 2. The van der Waals surface area contributed by atoms with Gasteiger partial charge in [0.2, 0.25) is 10.0 Å². The highest BCUT2D eigenvalue weighted by Gasteiger charge is 2.29. The van der Waals surface area contributed by atoms with Gasteiger partial charge < -0.3 is 5.32 Å². The van der Waals surface area contributed by atoms with E-state index in [9.17, 15) is 8.42 Å². The first-order chi connectivity index (χ1) is 9.96. The molecule has 1 aliphatic rings. The van der Waals surface area contributed by atoms with Gasteiger partial charge in [0.15, 0.2) is 0 Å². The average molecular weight is 395 g/mol. The minimum atomic E-state index is -3.44. The fourth-order valence-electron chi connectivity index (χ4n) is 2.25. The quantitative estimate of drug-likeness (QED) is 0.673. The first kappa shape index (κ1) is 17.4. The number of rotatable bonds is 9. The molecule has 7 heteroatoms. The van der Waals surface area contributed by atoms with Crippen LogP contribution in [0.1, 0.15) is 44.4 Å². The van der Waals surface area contributed by atoms with Crippen LogP contribution in [0.4, 0.5) is 0 Å². The Kier molecular flexibility index (Phi) is 6.25. The van der Waals surface area contributed by atoms with Crippen molar-refractivity contribution < 1.29 is 8.42 Å². The van der Waals surface area contributed by atoms with Crippen molar-refractivity contribution in [2.24, 2.45) is 5.92 Å². The summed E-state index contributed by atoms with van der Waals surface area (Å²) in [5.41, 5.74) is 0. The Labute approximate surface area is 139 Å². The van der Waals surface area contributed by atoms with Crippen molar-refractivity contribution in [3.63, 3.8) is 0 Å². The summed E-state index contributed by atoms with van der Waals surface area (Å²) in [6.07, 6.45) is 4.28. The van der Waals surface area contributed by atoms with E-state index in [1.807, 2.05) is 13.8 Å². The fourth-order valence-corrected chi connectivity index (χ4v) is 6.24. The van der Waals surface area contributed by atoms with Crippen molar-refractivity contribution >= 4 is 37.3 Å². The second-order valence-electron chi connectivity index (χ2n) is 5.54. The van der Waals surface area contributed by atoms with E-state index in [0.29, 0.717) is 21.1 Å². The predicted octanol–water partition coefficient (Wildman–Crippen LogP) is 3.48. The van der Waals surface area contributed by atoms with E-state index in [-0.39, 0.29) is 6.04 Å². The Hall–Kier alpha value is 0.0500. The highest BCUT2D eigenvalue weighted by atomic mass is 79.9. The zero-order chi connectivity index (χ0) is 15.5. The van der Waals surface area contributed by atoms with Crippen molar-refractivity contribution in [3.8, 4) is 0 Å². The third kappa shape index (κ3) is 5.03. The van der Waals surface area contributed by atoms with Crippen LogP contribution in [0.15, 0.2) is 14.7 Å². The largest absolute Gasteiger partial charge is 0.312 e. The maximum atomic E-state index is 12.6. The van der Waals surface area contributed by atoms with Gasteiger partial charge >= 0.3 is 0 Å². The molecule has 1 aromatic rings. The molecule has 0 amide bonds. The van der Waals surface area contributed by atoms with Gasteiger partial charge in [-0.25, -0.2) is 13.1 Å². The van der Waals surface area contributed by atoms with Gasteiger partial charge in [-0.15, -0.1) is 11.3 Å². The van der Waals surface area contributed by atoms with Gasteiger partial charge in [0, 0.05) is 17.5 Å². The first-order valence-corrected chi connectivity index (χ1v) is 10.6. The summed E-state index contributed by atoms with van der Waals surface area (Å²) in [4.78, 5) is 1.40.